The number of nitrogens with one attached hydrogen (secondary N) is 1. The summed E-state index contributed by atoms with van der Waals surface area (Å²) in [6.07, 6.45) is 4.15. The van der Waals surface area contributed by atoms with Crippen molar-refractivity contribution in [3.05, 3.63) is 54.1 Å². The number of hydrogen-bond acceptors (Lipinski definition) is 4. The molecule has 0 unspecified atom stereocenters. The van der Waals surface area contributed by atoms with Gasteiger partial charge in [-0.15, -0.1) is 0 Å². The Bertz CT molecular complexity index is 775. The molecule has 138 valence electrons. The van der Waals surface area contributed by atoms with Crippen molar-refractivity contribution >= 4 is 23.3 Å². The van der Waals surface area contributed by atoms with Crippen molar-refractivity contribution in [1.29, 1.82) is 0 Å². The lowest BCUT2D eigenvalue weighted by Crippen LogP contribution is -2.32. The van der Waals surface area contributed by atoms with E-state index in [9.17, 15) is 4.79 Å². The maximum absolute atomic E-state index is 11.7. The third kappa shape index (κ3) is 3.58. The first-order chi connectivity index (χ1) is 12.5. The van der Waals surface area contributed by atoms with Gasteiger partial charge in [0.15, 0.2) is 5.11 Å². The fraction of sp³-hybridized carbons (Fsp3) is 0.421. The van der Waals surface area contributed by atoms with Crippen molar-refractivity contribution in [2.45, 2.75) is 38.4 Å². The number of nitrogens with zero attached hydrogens (tertiary/aromatic N) is 3. The molecule has 0 radical (unpaired) electrons. The van der Waals surface area contributed by atoms with E-state index in [0.717, 1.165) is 11.4 Å². The van der Waals surface area contributed by atoms with Crippen molar-refractivity contribution < 1.29 is 9.53 Å². The second kappa shape index (κ2) is 7.86. The summed E-state index contributed by atoms with van der Waals surface area (Å²) in [5, 5.41) is 4.03. The van der Waals surface area contributed by atoms with E-state index in [1.165, 1.54) is 7.11 Å². The van der Waals surface area contributed by atoms with Crippen LogP contribution in [0.25, 0.3) is 0 Å². The molecule has 1 aliphatic rings. The van der Waals surface area contributed by atoms with Crippen molar-refractivity contribution in [1.82, 2.24) is 19.8 Å². The van der Waals surface area contributed by atoms with Crippen LogP contribution in [0, 0.1) is 0 Å². The molecule has 3 heterocycles. The summed E-state index contributed by atoms with van der Waals surface area (Å²) in [7, 11) is 1.40. The SMILES string of the molecule is COC(=O)CCN1C(=S)N[C@@H](c2ccccn2)[C@H]1c1cccn1C(C)C. The van der Waals surface area contributed by atoms with Gasteiger partial charge in [0.05, 0.1) is 31.3 Å². The van der Waals surface area contributed by atoms with E-state index < -0.39 is 0 Å². The monoisotopic (exact) mass is 372 g/mol. The Morgan fingerprint density at radius 2 is 2.15 bits per heavy atom. The van der Waals surface area contributed by atoms with Crippen LogP contribution in [-0.4, -0.2) is 39.2 Å². The molecule has 1 fully saturated rings. The summed E-state index contributed by atoms with van der Waals surface area (Å²) in [4.78, 5) is 18.3. The molecule has 2 aromatic rings. The number of methoxy groups -OCH3 is 1. The molecule has 0 amide bonds. The van der Waals surface area contributed by atoms with E-state index in [4.69, 9.17) is 17.0 Å². The Labute approximate surface area is 159 Å². The van der Waals surface area contributed by atoms with Gasteiger partial charge in [-0.25, -0.2) is 0 Å². The van der Waals surface area contributed by atoms with Gasteiger partial charge in [-0.2, -0.15) is 0 Å². The highest BCUT2D eigenvalue weighted by Gasteiger charge is 2.41. The van der Waals surface area contributed by atoms with Gasteiger partial charge in [-0.05, 0) is 50.3 Å². The number of aromatic nitrogens is 2. The molecule has 0 aliphatic carbocycles. The highest BCUT2D eigenvalue weighted by Crippen LogP contribution is 2.39. The number of thiocarbonyl (C=S) groups is 1. The standard InChI is InChI=1S/C19H24N4O2S/c1-13(2)22-11-6-8-15(22)18-17(14-7-4-5-10-20-14)21-19(26)23(18)12-9-16(24)25-3/h4-8,10-11,13,17-18H,9,12H2,1-3H3,(H,21,26)/t17-,18+/m0/s1. The topological polar surface area (TPSA) is 59.4 Å². The van der Waals surface area contributed by atoms with Crippen LogP contribution in [-0.2, 0) is 9.53 Å². The van der Waals surface area contributed by atoms with Crippen LogP contribution < -0.4 is 5.32 Å². The van der Waals surface area contributed by atoms with Gasteiger partial charge >= 0.3 is 5.97 Å². The van der Waals surface area contributed by atoms with E-state index in [2.05, 4.69) is 45.9 Å². The maximum Gasteiger partial charge on any atom is 0.307 e. The molecule has 2 aromatic heterocycles. The van der Waals surface area contributed by atoms with Crippen molar-refractivity contribution in [3.63, 3.8) is 0 Å². The van der Waals surface area contributed by atoms with Gasteiger partial charge in [0.1, 0.15) is 0 Å². The van der Waals surface area contributed by atoms with Crippen LogP contribution in [0.4, 0.5) is 0 Å². The fourth-order valence-corrected chi connectivity index (χ4v) is 3.74. The Balaban J connectivity index is 1.99. The van der Waals surface area contributed by atoms with Crippen LogP contribution in [0.15, 0.2) is 42.7 Å². The summed E-state index contributed by atoms with van der Waals surface area (Å²) in [5.74, 6) is -0.243. The summed E-state index contributed by atoms with van der Waals surface area (Å²) < 4.78 is 7.04. The molecule has 2 atom stereocenters. The summed E-state index contributed by atoms with van der Waals surface area (Å²) in [6.45, 7) is 4.80. The molecule has 26 heavy (non-hydrogen) atoms. The molecule has 0 aromatic carbocycles. The smallest absolute Gasteiger partial charge is 0.307 e. The lowest BCUT2D eigenvalue weighted by atomic mass is 10.0. The fourth-order valence-electron chi connectivity index (χ4n) is 3.41. The molecule has 3 rings (SSSR count). The van der Waals surface area contributed by atoms with Crippen LogP contribution >= 0.6 is 12.2 Å². The van der Waals surface area contributed by atoms with E-state index >= 15 is 0 Å². The first kappa shape index (κ1) is 18.4. The minimum absolute atomic E-state index is 0.0422. The van der Waals surface area contributed by atoms with Crippen molar-refractivity contribution in [2.24, 2.45) is 0 Å². The molecular formula is C19H24N4O2S. The minimum Gasteiger partial charge on any atom is -0.469 e. The lowest BCUT2D eigenvalue weighted by molar-refractivity contribution is -0.140. The largest absolute Gasteiger partial charge is 0.469 e. The number of carbonyl (C=O) groups is 1. The van der Waals surface area contributed by atoms with Crippen LogP contribution in [0.2, 0.25) is 0 Å². The summed E-state index contributed by atoms with van der Waals surface area (Å²) >= 11 is 5.59. The predicted molar refractivity (Wildman–Crippen MR) is 104 cm³/mol. The van der Waals surface area contributed by atoms with E-state index in [1.807, 2.05) is 24.3 Å². The molecule has 0 bridgehead atoms. The average molecular weight is 372 g/mol. The number of pyridine rings is 1. The molecule has 1 saturated heterocycles. The number of hydrogen-bond donors (Lipinski definition) is 1. The lowest BCUT2D eigenvalue weighted by Gasteiger charge is -2.29. The van der Waals surface area contributed by atoms with Crippen LogP contribution in [0.5, 0.6) is 0 Å². The van der Waals surface area contributed by atoms with Gasteiger partial charge < -0.3 is 19.5 Å². The second-order valence-corrected chi connectivity index (χ2v) is 6.97. The highest BCUT2D eigenvalue weighted by molar-refractivity contribution is 7.80. The average Bonchev–Trinajstić information content (AvgIpc) is 3.24. The zero-order valence-corrected chi connectivity index (χ0v) is 16.1. The molecule has 1 N–H and O–H groups in total. The number of ether oxygens (including phenoxy) is 1. The van der Waals surface area contributed by atoms with Gasteiger partial charge in [0, 0.05) is 30.7 Å². The molecular weight excluding hydrogens is 348 g/mol. The van der Waals surface area contributed by atoms with Crippen LogP contribution in [0.3, 0.4) is 0 Å². The van der Waals surface area contributed by atoms with E-state index in [1.54, 1.807) is 6.20 Å². The van der Waals surface area contributed by atoms with Gasteiger partial charge in [0.2, 0.25) is 0 Å². The highest BCUT2D eigenvalue weighted by atomic mass is 32.1. The summed E-state index contributed by atoms with van der Waals surface area (Å²) in [6, 6.07) is 10.2. The number of esters is 1. The Kier molecular flexibility index (Phi) is 5.56. The van der Waals surface area contributed by atoms with E-state index in [-0.39, 0.29) is 24.5 Å². The minimum atomic E-state index is -0.243. The van der Waals surface area contributed by atoms with Crippen molar-refractivity contribution in [2.75, 3.05) is 13.7 Å². The molecule has 6 nitrogen and oxygen atoms in total. The third-order valence-corrected chi connectivity index (χ3v) is 5.01. The second-order valence-electron chi connectivity index (χ2n) is 6.58. The molecule has 7 heteroatoms. The normalized spacial score (nSPS) is 19.7. The van der Waals surface area contributed by atoms with Gasteiger partial charge in [-0.1, -0.05) is 6.07 Å². The quantitative estimate of drug-likeness (QED) is 0.621. The Morgan fingerprint density at radius 1 is 1.35 bits per heavy atom. The zero-order chi connectivity index (χ0) is 18.7. The van der Waals surface area contributed by atoms with Crippen molar-refractivity contribution in [3.8, 4) is 0 Å². The Morgan fingerprint density at radius 3 is 2.81 bits per heavy atom. The summed E-state index contributed by atoms with van der Waals surface area (Å²) in [5.41, 5.74) is 2.07. The number of carbonyl (C=O) groups excluding carboxylic acids is 1. The molecule has 1 aliphatic heterocycles. The zero-order valence-electron chi connectivity index (χ0n) is 15.3. The van der Waals surface area contributed by atoms with E-state index in [0.29, 0.717) is 17.7 Å². The number of rotatable bonds is 6. The predicted octanol–water partition coefficient (Wildman–Crippen LogP) is 3.00. The van der Waals surface area contributed by atoms with Gasteiger partial charge in [-0.3, -0.25) is 9.78 Å². The molecule has 0 spiro atoms. The Hall–Kier alpha value is -2.41. The molecule has 0 saturated carbocycles. The van der Waals surface area contributed by atoms with Crippen LogP contribution in [0.1, 0.15) is 49.8 Å². The first-order valence-corrected chi connectivity index (χ1v) is 9.15. The van der Waals surface area contributed by atoms with Gasteiger partial charge in [0.25, 0.3) is 0 Å². The first-order valence-electron chi connectivity index (χ1n) is 8.74. The third-order valence-electron chi connectivity index (χ3n) is 4.65. The maximum atomic E-state index is 11.7.